The fourth-order valence-electron chi connectivity index (χ4n) is 2.64. The first kappa shape index (κ1) is 13.2. The van der Waals surface area contributed by atoms with Crippen molar-refractivity contribution in [3.05, 3.63) is 35.0 Å². The highest BCUT2D eigenvalue weighted by Gasteiger charge is 2.23. The molecule has 6 nitrogen and oxygen atoms in total. The third-order valence-electron chi connectivity index (χ3n) is 3.97. The van der Waals surface area contributed by atoms with Crippen LogP contribution in [0.2, 0.25) is 0 Å². The number of rotatable bonds is 2. The lowest BCUT2D eigenvalue weighted by Gasteiger charge is -2.37. The van der Waals surface area contributed by atoms with Crippen LogP contribution in [0.4, 0.5) is 0 Å². The Morgan fingerprint density at radius 1 is 1.30 bits per heavy atom. The van der Waals surface area contributed by atoms with Crippen molar-refractivity contribution in [3.63, 3.8) is 0 Å². The highest BCUT2D eigenvalue weighted by Crippen LogP contribution is 2.08. The molecular weight excluding hydrogens is 254 g/mol. The second kappa shape index (κ2) is 5.30. The lowest BCUT2D eigenvalue weighted by Crippen LogP contribution is -2.52. The molecule has 0 amide bonds. The second-order valence-electron chi connectivity index (χ2n) is 5.47. The van der Waals surface area contributed by atoms with Gasteiger partial charge in [-0.25, -0.2) is 9.97 Å². The highest BCUT2D eigenvalue weighted by atomic mass is 16.1. The zero-order valence-corrected chi connectivity index (χ0v) is 11.9. The summed E-state index contributed by atoms with van der Waals surface area (Å²) in [6, 6.07) is 3.94. The first-order valence-electron chi connectivity index (χ1n) is 6.84. The molecule has 1 fully saturated rings. The number of piperazine rings is 1. The van der Waals surface area contributed by atoms with Crippen molar-refractivity contribution in [1.82, 2.24) is 24.3 Å². The van der Waals surface area contributed by atoms with Gasteiger partial charge in [0.1, 0.15) is 0 Å². The molecule has 2 aromatic heterocycles. The fourth-order valence-corrected chi connectivity index (χ4v) is 2.64. The molecule has 3 heterocycles. The molecule has 0 radical (unpaired) electrons. The van der Waals surface area contributed by atoms with Crippen molar-refractivity contribution < 1.29 is 0 Å². The van der Waals surface area contributed by atoms with Crippen LogP contribution in [-0.2, 0) is 6.54 Å². The molecule has 0 spiro atoms. The Hall–Kier alpha value is -1.79. The van der Waals surface area contributed by atoms with Gasteiger partial charge in [-0.05, 0) is 26.2 Å². The number of fused-ring (bicyclic) bond motifs is 1. The maximum atomic E-state index is 12.4. The third kappa shape index (κ3) is 2.44. The molecule has 2 aromatic rings. The van der Waals surface area contributed by atoms with Crippen LogP contribution in [0, 0.1) is 0 Å². The maximum absolute atomic E-state index is 12.4. The summed E-state index contributed by atoms with van der Waals surface area (Å²) in [5.74, 6) is 0. The largest absolute Gasteiger partial charge is 0.303 e. The van der Waals surface area contributed by atoms with Gasteiger partial charge in [0.25, 0.3) is 5.56 Å². The summed E-state index contributed by atoms with van der Waals surface area (Å²) >= 11 is 0. The van der Waals surface area contributed by atoms with Gasteiger partial charge in [-0.15, -0.1) is 0 Å². The van der Waals surface area contributed by atoms with Crippen LogP contribution in [0.3, 0.4) is 0 Å². The van der Waals surface area contributed by atoms with Crippen LogP contribution in [0.25, 0.3) is 11.0 Å². The van der Waals surface area contributed by atoms with E-state index in [9.17, 15) is 4.79 Å². The molecule has 0 aliphatic carbocycles. The maximum Gasteiger partial charge on any atom is 0.279 e. The molecule has 0 unspecified atom stereocenters. The molecule has 1 aliphatic heterocycles. The quantitative estimate of drug-likeness (QED) is 0.773. The summed E-state index contributed by atoms with van der Waals surface area (Å²) in [5.41, 5.74) is 1.04. The van der Waals surface area contributed by atoms with E-state index >= 15 is 0 Å². The summed E-state index contributed by atoms with van der Waals surface area (Å²) in [6.07, 6.45) is 3.27. The van der Waals surface area contributed by atoms with Crippen molar-refractivity contribution in [2.45, 2.75) is 12.6 Å². The molecule has 0 aromatic carbocycles. The SMILES string of the molecule is CN1CCN(C)[C@H](Cn2cnc3cccnc3c2=O)C1. The molecule has 1 saturated heterocycles. The van der Waals surface area contributed by atoms with Gasteiger partial charge < -0.3 is 4.90 Å². The molecular formula is C14H19N5O. The number of aromatic nitrogens is 3. The van der Waals surface area contributed by atoms with Gasteiger partial charge in [0, 0.05) is 38.4 Å². The zero-order chi connectivity index (χ0) is 14.1. The topological polar surface area (TPSA) is 54.3 Å². The summed E-state index contributed by atoms with van der Waals surface area (Å²) in [7, 11) is 4.22. The van der Waals surface area contributed by atoms with Gasteiger partial charge in [0.15, 0.2) is 5.52 Å². The minimum Gasteiger partial charge on any atom is -0.303 e. The summed E-state index contributed by atoms with van der Waals surface area (Å²) in [6.45, 7) is 3.71. The molecule has 20 heavy (non-hydrogen) atoms. The van der Waals surface area contributed by atoms with E-state index in [0.29, 0.717) is 23.6 Å². The van der Waals surface area contributed by atoms with E-state index in [2.05, 4.69) is 33.9 Å². The minimum atomic E-state index is -0.0581. The lowest BCUT2D eigenvalue weighted by molar-refractivity contribution is 0.102. The van der Waals surface area contributed by atoms with Crippen LogP contribution in [0.5, 0.6) is 0 Å². The third-order valence-corrected chi connectivity index (χ3v) is 3.97. The predicted octanol–water partition coefficient (Wildman–Crippen LogP) is 0.0373. The minimum absolute atomic E-state index is 0.0581. The van der Waals surface area contributed by atoms with Gasteiger partial charge in [-0.3, -0.25) is 14.3 Å². The van der Waals surface area contributed by atoms with Gasteiger partial charge in [0.05, 0.1) is 11.8 Å². The van der Waals surface area contributed by atoms with E-state index < -0.39 is 0 Å². The van der Waals surface area contributed by atoms with Gasteiger partial charge in [-0.1, -0.05) is 0 Å². The Morgan fingerprint density at radius 3 is 3.00 bits per heavy atom. The Morgan fingerprint density at radius 2 is 2.15 bits per heavy atom. The first-order valence-corrected chi connectivity index (χ1v) is 6.84. The fraction of sp³-hybridized carbons (Fsp3) is 0.500. The molecule has 0 saturated carbocycles. The van der Waals surface area contributed by atoms with Crippen molar-refractivity contribution >= 4 is 11.0 Å². The predicted molar refractivity (Wildman–Crippen MR) is 77.7 cm³/mol. The van der Waals surface area contributed by atoms with Crippen LogP contribution in [0.15, 0.2) is 29.5 Å². The molecule has 1 atom stereocenters. The number of likely N-dealkylation sites (N-methyl/N-ethyl adjacent to an activating group) is 2. The van der Waals surface area contributed by atoms with Crippen LogP contribution in [-0.4, -0.2) is 64.1 Å². The average Bonchev–Trinajstić information content (AvgIpc) is 2.46. The van der Waals surface area contributed by atoms with E-state index in [0.717, 1.165) is 19.6 Å². The monoisotopic (exact) mass is 273 g/mol. The Kier molecular flexibility index (Phi) is 3.50. The molecule has 106 valence electrons. The Bertz CT molecular complexity index is 668. The highest BCUT2D eigenvalue weighted by molar-refractivity contribution is 5.71. The smallest absolute Gasteiger partial charge is 0.279 e. The summed E-state index contributed by atoms with van der Waals surface area (Å²) < 4.78 is 1.68. The van der Waals surface area contributed by atoms with E-state index in [1.165, 1.54) is 0 Å². The Labute approximate surface area is 117 Å². The van der Waals surface area contributed by atoms with E-state index in [1.807, 2.05) is 6.07 Å². The zero-order valence-electron chi connectivity index (χ0n) is 11.9. The van der Waals surface area contributed by atoms with E-state index in [4.69, 9.17) is 0 Å². The van der Waals surface area contributed by atoms with Crippen molar-refractivity contribution in [2.75, 3.05) is 33.7 Å². The van der Waals surface area contributed by atoms with E-state index in [1.54, 1.807) is 23.2 Å². The molecule has 0 N–H and O–H groups in total. The molecule has 3 rings (SSSR count). The Balaban J connectivity index is 1.91. The second-order valence-corrected chi connectivity index (χ2v) is 5.47. The van der Waals surface area contributed by atoms with Gasteiger partial charge >= 0.3 is 0 Å². The van der Waals surface area contributed by atoms with Crippen molar-refractivity contribution in [1.29, 1.82) is 0 Å². The number of hydrogen-bond donors (Lipinski definition) is 0. The normalized spacial score (nSPS) is 21.4. The molecule has 1 aliphatic rings. The summed E-state index contributed by atoms with van der Waals surface area (Å²) in [5, 5.41) is 0. The lowest BCUT2D eigenvalue weighted by atomic mass is 10.2. The average molecular weight is 273 g/mol. The number of hydrogen-bond acceptors (Lipinski definition) is 5. The van der Waals surface area contributed by atoms with Crippen LogP contribution < -0.4 is 5.56 Å². The van der Waals surface area contributed by atoms with E-state index in [-0.39, 0.29) is 5.56 Å². The molecule has 6 heteroatoms. The van der Waals surface area contributed by atoms with Crippen molar-refractivity contribution in [3.8, 4) is 0 Å². The first-order chi connectivity index (χ1) is 9.65. The summed E-state index contributed by atoms with van der Waals surface area (Å²) in [4.78, 5) is 25.5. The van der Waals surface area contributed by atoms with Crippen LogP contribution >= 0.6 is 0 Å². The van der Waals surface area contributed by atoms with Gasteiger partial charge in [0.2, 0.25) is 0 Å². The number of nitrogens with zero attached hydrogens (tertiary/aromatic N) is 5. The van der Waals surface area contributed by atoms with Crippen LogP contribution in [0.1, 0.15) is 0 Å². The van der Waals surface area contributed by atoms with Gasteiger partial charge in [-0.2, -0.15) is 0 Å². The standard InChI is InChI=1S/C14H19N5O/c1-17-6-7-18(2)11(8-17)9-19-10-16-12-4-3-5-15-13(12)14(19)20/h3-5,10-11H,6-9H2,1-2H3/t11-/m0/s1. The number of pyridine rings is 1. The van der Waals surface area contributed by atoms with Crippen molar-refractivity contribution in [2.24, 2.45) is 0 Å². The molecule has 0 bridgehead atoms.